The molecule has 0 unspecified atom stereocenters. The maximum Gasteiger partial charge on any atom is 0.280 e. The first kappa shape index (κ1) is 10.8. The molecule has 0 aromatic carbocycles. The largest absolute Gasteiger partial charge is 0.366 e. The Balaban J connectivity index is 3.18. The smallest absolute Gasteiger partial charge is 0.280 e. The molecule has 14 heavy (non-hydrogen) atoms. The van der Waals surface area contributed by atoms with Gasteiger partial charge in [0.15, 0.2) is 0 Å². The summed E-state index contributed by atoms with van der Waals surface area (Å²) in [6, 6.07) is 1.23. The van der Waals surface area contributed by atoms with Crippen LogP contribution in [0.25, 0.3) is 0 Å². The van der Waals surface area contributed by atoms with Crippen LogP contribution in [0.5, 0.6) is 0 Å². The summed E-state index contributed by atoms with van der Waals surface area (Å²) in [4.78, 5) is 14.1. The van der Waals surface area contributed by atoms with E-state index in [2.05, 4.69) is 4.98 Å². The molecule has 0 aliphatic carbocycles. The molecule has 0 radical (unpaired) electrons. The minimum Gasteiger partial charge on any atom is -0.366 e. The number of hydrogen-bond acceptors (Lipinski definition) is 2. The van der Waals surface area contributed by atoms with E-state index in [1.54, 1.807) is 0 Å². The van der Waals surface area contributed by atoms with E-state index in [0.717, 1.165) is 6.20 Å². The number of halogens is 3. The summed E-state index contributed by atoms with van der Waals surface area (Å²) >= 11 is 5.43. The average molecular weight is 221 g/mol. The van der Waals surface area contributed by atoms with Crippen molar-refractivity contribution in [2.45, 2.75) is 12.3 Å². The number of carbonyl (C=O) groups is 1. The van der Waals surface area contributed by atoms with Gasteiger partial charge in [-0.3, -0.25) is 9.78 Å². The molecule has 1 amide bonds. The Morgan fingerprint density at radius 2 is 2.29 bits per heavy atom. The van der Waals surface area contributed by atoms with Crippen LogP contribution in [0, 0.1) is 0 Å². The molecule has 0 spiro atoms. The highest BCUT2D eigenvalue weighted by atomic mass is 35.5. The zero-order valence-corrected chi connectivity index (χ0v) is 7.76. The highest BCUT2D eigenvalue weighted by Gasteiger charge is 2.15. The molecule has 0 aliphatic rings. The van der Waals surface area contributed by atoms with Crippen LogP contribution in [-0.4, -0.2) is 10.9 Å². The van der Waals surface area contributed by atoms with E-state index in [1.165, 1.54) is 6.07 Å². The zero-order chi connectivity index (χ0) is 10.7. The summed E-state index contributed by atoms with van der Waals surface area (Å²) < 4.78 is 24.6. The zero-order valence-electron chi connectivity index (χ0n) is 7.01. The predicted molar refractivity (Wildman–Crippen MR) is 47.3 cm³/mol. The van der Waals surface area contributed by atoms with Crippen LogP contribution in [0.2, 0.25) is 0 Å². The van der Waals surface area contributed by atoms with Gasteiger partial charge in [-0.2, -0.15) is 0 Å². The van der Waals surface area contributed by atoms with Gasteiger partial charge in [0.1, 0.15) is 5.69 Å². The number of primary amides is 1. The molecule has 1 heterocycles. The van der Waals surface area contributed by atoms with Crippen molar-refractivity contribution in [1.82, 2.24) is 4.98 Å². The molecule has 2 N–H and O–H groups in total. The Kier molecular flexibility index (Phi) is 3.35. The third kappa shape index (κ3) is 2.17. The highest BCUT2D eigenvalue weighted by molar-refractivity contribution is 6.17. The fourth-order valence-electron chi connectivity index (χ4n) is 0.959. The first-order valence-corrected chi connectivity index (χ1v) is 4.22. The van der Waals surface area contributed by atoms with Crippen molar-refractivity contribution >= 4 is 17.5 Å². The lowest BCUT2D eigenvalue weighted by Gasteiger charge is -2.05. The van der Waals surface area contributed by atoms with Crippen molar-refractivity contribution in [2.24, 2.45) is 5.73 Å². The molecule has 0 aliphatic heterocycles. The Bertz CT molecular complexity index is 357. The number of carbonyl (C=O) groups excluding carboxylic acids is 1. The molecule has 0 fully saturated rings. The van der Waals surface area contributed by atoms with Gasteiger partial charge < -0.3 is 5.73 Å². The predicted octanol–water partition coefficient (Wildman–Crippen LogP) is 1.86. The van der Waals surface area contributed by atoms with Gasteiger partial charge in [0.05, 0.1) is 5.56 Å². The minimum atomic E-state index is -2.70. The quantitative estimate of drug-likeness (QED) is 0.791. The van der Waals surface area contributed by atoms with E-state index in [-0.39, 0.29) is 17.0 Å². The number of rotatable bonds is 3. The first-order chi connectivity index (χ1) is 6.56. The summed E-state index contributed by atoms with van der Waals surface area (Å²) in [6.07, 6.45) is -1.69. The van der Waals surface area contributed by atoms with E-state index >= 15 is 0 Å². The van der Waals surface area contributed by atoms with Crippen LogP contribution >= 0.6 is 11.6 Å². The molecule has 0 atom stereocenters. The molecule has 0 saturated heterocycles. The van der Waals surface area contributed by atoms with Crippen LogP contribution in [0.3, 0.4) is 0 Å². The molecule has 6 heteroatoms. The maximum absolute atomic E-state index is 12.3. The summed E-state index contributed by atoms with van der Waals surface area (Å²) in [5, 5.41) is 0. The third-order valence-corrected chi connectivity index (χ3v) is 1.92. The average Bonchev–Trinajstić information content (AvgIpc) is 2.16. The number of alkyl halides is 3. The van der Waals surface area contributed by atoms with Crippen molar-refractivity contribution in [3.8, 4) is 0 Å². The van der Waals surface area contributed by atoms with Crippen LogP contribution in [-0.2, 0) is 5.88 Å². The molecule has 3 nitrogen and oxygen atoms in total. The lowest BCUT2D eigenvalue weighted by molar-refractivity contribution is 0.0998. The number of aromatic nitrogens is 1. The van der Waals surface area contributed by atoms with Crippen LogP contribution in [0.1, 0.15) is 28.0 Å². The third-order valence-electron chi connectivity index (χ3n) is 1.64. The van der Waals surface area contributed by atoms with Gasteiger partial charge in [0.2, 0.25) is 5.91 Å². The van der Waals surface area contributed by atoms with Gasteiger partial charge in [-0.1, -0.05) is 0 Å². The van der Waals surface area contributed by atoms with Crippen LogP contribution in [0.15, 0.2) is 12.3 Å². The number of nitrogens with two attached hydrogens (primary N) is 1. The second kappa shape index (κ2) is 4.32. The highest BCUT2D eigenvalue weighted by Crippen LogP contribution is 2.22. The van der Waals surface area contributed by atoms with Crippen LogP contribution < -0.4 is 5.73 Å². The first-order valence-electron chi connectivity index (χ1n) is 3.69. The summed E-state index contributed by atoms with van der Waals surface area (Å²) in [6.45, 7) is 0. The minimum absolute atomic E-state index is 0.0741. The second-order valence-electron chi connectivity index (χ2n) is 2.57. The number of pyridine rings is 1. The number of hydrogen-bond donors (Lipinski definition) is 1. The maximum atomic E-state index is 12.3. The lowest BCUT2D eigenvalue weighted by atomic mass is 10.1. The Labute approximate surface area is 83.9 Å². The molecule has 0 saturated carbocycles. The van der Waals surface area contributed by atoms with Gasteiger partial charge in [-0.15, -0.1) is 11.6 Å². The lowest BCUT2D eigenvalue weighted by Crippen LogP contribution is -2.12. The van der Waals surface area contributed by atoms with Crippen molar-refractivity contribution in [2.75, 3.05) is 0 Å². The number of nitrogens with zero attached hydrogens (tertiary/aromatic N) is 1. The van der Waals surface area contributed by atoms with E-state index < -0.39 is 18.0 Å². The Morgan fingerprint density at radius 3 is 2.71 bits per heavy atom. The van der Waals surface area contributed by atoms with Crippen molar-refractivity contribution in [1.29, 1.82) is 0 Å². The van der Waals surface area contributed by atoms with Crippen molar-refractivity contribution in [3.63, 3.8) is 0 Å². The summed E-state index contributed by atoms with van der Waals surface area (Å²) in [7, 11) is 0. The molecule has 1 aromatic rings. The summed E-state index contributed by atoms with van der Waals surface area (Å²) in [5.41, 5.74) is 4.74. The molecule has 1 rings (SSSR count). The van der Waals surface area contributed by atoms with Gasteiger partial charge in [-0.05, 0) is 11.6 Å². The molecular weight excluding hydrogens is 214 g/mol. The standard InChI is InChI=1S/C8H7ClF2N2O/c9-2-4-1-5(8(12)14)3-13-6(4)7(10)11/h1,3,7H,2H2,(H2,12,14). The van der Waals surface area contributed by atoms with Crippen molar-refractivity contribution in [3.05, 3.63) is 29.1 Å². The Hall–Kier alpha value is -1.23. The van der Waals surface area contributed by atoms with Crippen LogP contribution in [0.4, 0.5) is 8.78 Å². The van der Waals surface area contributed by atoms with Crippen molar-refractivity contribution < 1.29 is 13.6 Å². The van der Waals surface area contributed by atoms with Gasteiger partial charge in [0.25, 0.3) is 6.43 Å². The van der Waals surface area contributed by atoms with E-state index in [1.807, 2.05) is 0 Å². The Morgan fingerprint density at radius 1 is 1.64 bits per heavy atom. The van der Waals surface area contributed by atoms with Gasteiger partial charge in [-0.25, -0.2) is 8.78 Å². The fraction of sp³-hybridized carbons (Fsp3) is 0.250. The monoisotopic (exact) mass is 220 g/mol. The summed E-state index contributed by atoms with van der Waals surface area (Å²) in [5.74, 6) is -0.849. The topological polar surface area (TPSA) is 56.0 Å². The fourth-order valence-corrected chi connectivity index (χ4v) is 1.17. The van der Waals surface area contributed by atoms with E-state index in [9.17, 15) is 13.6 Å². The SMILES string of the molecule is NC(=O)c1cnc(C(F)F)c(CCl)c1. The van der Waals surface area contributed by atoms with Gasteiger partial charge in [0, 0.05) is 12.1 Å². The molecule has 1 aromatic heterocycles. The normalized spacial score (nSPS) is 10.6. The van der Waals surface area contributed by atoms with Gasteiger partial charge >= 0.3 is 0 Å². The van der Waals surface area contributed by atoms with E-state index in [0.29, 0.717) is 0 Å². The molecule has 0 bridgehead atoms. The molecule has 76 valence electrons. The second-order valence-corrected chi connectivity index (χ2v) is 2.83. The molecular formula is C8H7ClF2N2O. The van der Waals surface area contributed by atoms with E-state index in [4.69, 9.17) is 17.3 Å². The number of amides is 1.